The number of nitrogens with one attached hydrogen (secondary N) is 3. The fraction of sp³-hybridized carbons (Fsp3) is 0.107. The van der Waals surface area contributed by atoms with E-state index in [-0.39, 0.29) is 30.5 Å². The third-order valence-electron chi connectivity index (χ3n) is 5.51. The van der Waals surface area contributed by atoms with Gasteiger partial charge in [-0.05, 0) is 66.6 Å². The molecule has 0 atom stereocenters. The van der Waals surface area contributed by atoms with Crippen LogP contribution in [0.25, 0.3) is 0 Å². The number of anilines is 1. The predicted molar refractivity (Wildman–Crippen MR) is 133 cm³/mol. The predicted octanol–water partition coefficient (Wildman–Crippen LogP) is 4.84. The van der Waals surface area contributed by atoms with Crippen LogP contribution in [0.3, 0.4) is 0 Å². The molecule has 0 aliphatic heterocycles. The molecule has 3 amide bonds. The van der Waals surface area contributed by atoms with E-state index in [1.807, 2.05) is 0 Å². The minimum atomic E-state index is -0.626. The van der Waals surface area contributed by atoms with Crippen molar-refractivity contribution in [3.05, 3.63) is 125 Å². The van der Waals surface area contributed by atoms with Crippen LogP contribution in [0.2, 0.25) is 0 Å². The molecule has 0 saturated carbocycles. The number of halogens is 1. The number of carbonyl (C=O) groups excluding carboxylic acids is 3. The fourth-order valence-corrected chi connectivity index (χ4v) is 3.52. The van der Waals surface area contributed by atoms with Gasteiger partial charge in [-0.1, -0.05) is 30.3 Å². The number of hydrogen-bond donors (Lipinski definition) is 3. The van der Waals surface area contributed by atoms with Gasteiger partial charge in [0.2, 0.25) is 0 Å². The summed E-state index contributed by atoms with van der Waals surface area (Å²) in [5, 5.41) is 8.27. The van der Waals surface area contributed by atoms with Gasteiger partial charge in [-0.3, -0.25) is 14.4 Å². The largest absolute Gasteiger partial charge is 0.467 e. The summed E-state index contributed by atoms with van der Waals surface area (Å²) >= 11 is 0. The van der Waals surface area contributed by atoms with Crippen LogP contribution >= 0.6 is 0 Å². The first-order chi connectivity index (χ1) is 17.4. The number of rotatable bonds is 8. The normalized spacial score (nSPS) is 10.5. The first kappa shape index (κ1) is 24.4. The summed E-state index contributed by atoms with van der Waals surface area (Å²) in [4.78, 5) is 37.7. The van der Waals surface area contributed by atoms with Crippen molar-refractivity contribution in [1.29, 1.82) is 0 Å². The Kier molecular flexibility index (Phi) is 7.55. The summed E-state index contributed by atoms with van der Waals surface area (Å²) in [6.45, 7) is 2.25. The molecule has 1 heterocycles. The zero-order valence-corrected chi connectivity index (χ0v) is 19.5. The van der Waals surface area contributed by atoms with Crippen LogP contribution in [0.1, 0.15) is 48.0 Å². The summed E-state index contributed by atoms with van der Waals surface area (Å²) < 4.78 is 19.2. The SMILES string of the molecule is Cc1ccc(C(=O)NCc2cccc(C(=O)NCc3ccco3)c2)cc1NC(=O)c1ccccc1F. The second kappa shape index (κ2) is 11.1. The molecule has 3 aromatic carbocycles. The van der Waals surface area contributed by atoms with Crippen molar-refractivity contribution in [3.8, 4) is 0 Å². The number of benzene rings is 3. The maximum atomic E-state index is 13.9. The molecule has 0 spiro atoms. The lowest BCUT2D eigenvalue weighted by atomic mass is 10.1. The molecule has 8 heteroatoms. The second-order valence-corrected chi connectivity index (χ2v) is 8.11. The Labute approximate surface area is 207 Å². The number of amides is 3. The monoisotopic (exact) mass is 485 g/mol. The first-order valence-electron chi connectivity index (χ1n) is 11.2. The van der Waals surface area contributed by atoms with Crippen LogP contribution in [-0.2, 0) is 13.1 Å². The van der Waals surface area contributed by atoms with Crippen molar-refractivity contribution >= 4 is 23.4 Å². The highest BCUT2D eigenvalue weighted by Gasteiger charge is 2.14. The third-order valence-corrected chi connectivity index (χ3v) is 5.51. The maximum absolute atomic E-state index is 13.9. The van der Waals surface area contributed by atoms with E-state index < -0.39 is 11.7 Å². The minimum Gasteiger partial charge on any atom is -0.467 e. The van der Waals surface area contributed by atoms with E-state index in [9.17, 15) is 18.8 Å². The lowest BCUT2D eigenvalue weighted by molar-refractivity contribution is 0.0943. The van der Waals surface area contributed by atoms with Crippen molar-refractivity contribution in [2.45, 2.75) is 20.0 Å². The molecule has 36 heavy (non-hydrogen) atoms. The summed E-state index contributed by atoms with van der Waals surface area (Å²) in [6.07, 6.45) is 1.54. The standard InChI is InChI=1S/C28H24FN3O4/c1-18-11-12-21(15-25(18)32-28(35)23-9-2-3-10-24(23)29)27(34)30-16-19-6-4-7-20(14-19)26(33)31-17-22-8-5-13-36-22/h2-15H,16-17H2,1H3,(H,30,34)(H,31,33)(H,32,35). The minimum absolute atomic E-state index is 0.0835. The van der Waals surface area contributed by atoms with Gasteiger partial charge >= 0.3 is 0 Å². The van der Waals surface area contributed by atoms with Gasteiger partial charge in [0.05, 0.1) is 18.4 Å². The van der Waals surface area contributed by atoms with Crippen LogP contribution in [0.4, 0.5) is 10.1 Å². The third kappa shape index (κ3) is 6.04. The van der Waals surface area contributed by atoms with Crippen LogP contribution in [0, 0.1) is 12.7 Å². The molecule has 182 valence electrons. The highest BCUT2D eigenvalue weighted by atomic mass is 19.1. The first-order valence-corrected chi connectivity index (χ1v) is 11.2. The molecule has 4 rings (SSSR count). The van der Waals surface area contributed by atoms with Crippen LogP contribution in [0.5, 0.6) is 0 Å². The summed E-state index contributed by atoms with van der Waals surface area (Å²) in [5.41, 5.74) is 2.59. The Hall–Kier alpha value is -4.72. The highest BCUT2D eigenvalue weighted by molar-refractivity contribution is 6.05. The molecule has 0 unspecified atom stereocenters. The molecule has 0 radical (unpaired) electrons. The Balaban J connectivity index is 1.38. The highest BCUT2D eigenvalue weighted by Crippen LogP contribution is 2.19. The lowest BCUT2D eigenvalue weighted by Gasteiger charge is -2.12. The van der Waals surface area contributed by atoms with Gasteiger partial charge in [-0.15, -0.1) is 0 Å². The Bertz CT molecular complexity index is 1400. The van der Waals surface area contributed by atoms with Crippen LogP contribution in [0.15, 0.2) is 89.5 Å². The van der Waals surface area contributed by atoms with Crippen molar-refractivity contribution in [3.63, 3.8) is 0 Å². The van der Waals surface area contributed by atoms with Crippen LogP contribution in [-0.4, -0.2) is 17.7 Å². The number of aryl methyl sites for hydroxylation is 1. The summed E-state index contributed by atoms with van der Waals surface area (Å²) in [6, 6.07) is 21.0. The molecule has 1 aromatic heterocycles. The molecule has 4 aromatic rings. The zero-order valence-electron chi connectivity index (χ0n) is 19.5. The topological polar surface area (TPSA) is 100 Å². The molecule has 0 fully saturated rings. The van der Waals surface area contributed by atoms with E-state index in [4.69, 9.17) is 4.42 Å². The molecule has 0 saturated heterocycles. The number of hydrogen-bond acceptors (Lipinski definition) is 4. The molecule has 0 aliphatic rings. The van der Waals surface area contributed by atoms with Gasteiger partial charge in [0.25, 0.3) is 17.7 Å². The van der Waals surface area contributed by atoms with E-state index in [1.165, 1.54) is 18.2 Å². The quantitative estimate of drug-likeness (QED) is 0.333. The fourth-order valence-electron chi connectivity index (χ4n) is 3.52. The zero-order chi connectivity index (χ0) is 25.5. The van der Waals surface area contributed by atoms with Gasteiger partial charge in [-0.25, -0.2) is 4.39 Å². The summed E-state index contributed by atoms with van der Waals surface area (Å²) in [7, 11) is 0. The van der Waals surface area contributed by atoms with Gasteiger partial charge in [0, 0.05) is 23.4 Å². The average Bonchev–Trinajstić information content (AvgIpc) is 3.41. The van der Waals surface area contributed by atoms with E-state index in [0.717, 1.165) is 11.1 Å². The van der Waals surface area contributed by atoms with Crippen molar-refractivity contribution < 1.29 is 23.2 Å². The Morgan fingerprint density at radius 3 is 2.28 bits per heavy atom. The molecular formula is C28H24FN3O4. The van der Waals surface area contributed by atoms with E-state index in [0.29, 0.717) is 22.6 Å². The van der Waals surface area contributed by atoms with Gasteiger partial charge in [-0.2, -0.15) is 0 Å². The Morgan fingerprint density at radius 1 is 0.778 bits per heavy atom. The van der Waals surface area contributed by atoms with E-state index >= 15 is 0 Å². The van der Waals surface area contributed by atoms with E-state index in [1.54, 1.807) is 73.9 Å². The number of furan rings is 1. The lowest BCUT2D eigenvalue weighted by Crippen LogP contribution is -2.24. The Morgan fingerprint density at radius 2 is 1.53 bits per heavy atom. The molecule has 7 nitrogen and oxygen atoms in total. The van der Waals surface area contributed by atoms with Crippen molar-refractivity contribution in [2.75, 3.05) is 5.32 Å². The van der Waals surface area contributed by atoms with Crippen LogP contribution < -0.4 is 16.0 Å². The molecule has 0 bridgehead atoms. The van der Waals surface area contributed by atoms with Gasteiger partial charge in [0.15, 0.2) is 0 Å². The summed E-state index contributed by atoms with van der Waals surface area (Å²) in [5.74, 6) is -1.19. The van der Waals surface area contributed by atoms with Gasteiger partial charge < -0.3 is 20.4 Å². The maximum Gasteiger partial charge on any atom is 0.258 e. The molecule has 0 aliphatic carbocycles. The molecule has 3 N–H and O–H groups in total. The van der Waals surface area contributed by atoms with Gasteiger partial charge in [0.1, 0.15) is 11.6 Å². The van der Waals surface area contributed by atoms with Crippen molar-refractivity contribution in [1.82, 2.24) is 10.6 Å². The average molecular weight is 486 g/mol. The smallest absolute Gasteiger partial charge is 0.258 e. The van der Waals surface area contributed by atoms with Crippen molar-refractivity contribution in [2.24, 2.45) is 0 Å². The molecular weight excluding hydrogens is 461 g/mol. The second-order valence-electron chi connectivity index (χ2n) is 8.11. The van der Waals surface area contributed by atoms with E-state index in [2.05, 4.69) is 16.0 Å². The number of carbonyl (C=O) groups is 3.